The summed E-state index contributed by atoms with van der Waals surface area (Å²) >= 11 is 0. The molecule has 3 rings (SSSR count). The molecule has 2 heterocycles. The first-order chi connectivity index (χ1) is 15.3. The number of fused-ring (bicyclic) bond motifs is 1. The van der Waals surface area contributed by atoms with Gasteiger partial charge in [-0.2, -0.15) is 0 Å². The van der Waals surface area contributed by atoms with Gasteiger partial charge in [0.25, 0.3) is 11.5 Å². The average molecular weight is 438 g/mol. The predicted molar refractivity (Wildman–Crippen MR) is 123 cm³/mol. The van der Waals surface area contributed by atoms with Crippen LogP contribution in [0.25, 0.3) is 10.9 Å². The second kappa shape index (κ2) is 10.0. The summed E-state index contributed by atoms with van der Waals surface area (Å²) in [5, 5.41) is 5.99. The Balaban J connectivity index is 1.68. The molecule has 1 unspecified atom stereocenters. The fourth-order valence-electron chi connectivity index (χ4n) is 3.56. The Hall–Kier alpha value is -3.75. The number of aromatic nitrogens is 3. The zero-order valence-electron chi connectivity index (χ0n) is 18.4. The fourth-order valence-corrected chi connectivity index (χ4v) is 3.56. The minimum Gasteiger partial charge on any atom is -0.352 e. The van der Waals surface area contributed by atoms with E-state index in [-0.39, 0.29) is 41.9 Å². The molecule has 0 fully saturated rings. The molecular weight excluding hydrogens is 410 g/mol. The molecule has 2 amide bonds. The van der Waals surface area contributed by atoms with E-state index in [0.29, 0.717) is 35.2 Å². The molecule has 0 bridgehead atoms. The monoisotopic (exact) mass is 437 g/mol. The molecule has 1 aromatic carbocycles. The largest absolute Gasteiger partial charge is 0.352 e. The highest BCUT2D eigenvalue weighted by molar-refractivity contribution is 5.95. The summed E-state index contributed by atoms with van der Waals surface area (Å²) in [4.78, 5) is 53.7. The zero-order chi connectivity index (χ0) is 23.3. The van der Waals surface area contributed by atoms with Gasteiger partial charge < -0.3 is 10.6 Å². The molecule has 2 aromatic heterocycles. The third kappa shape index (κ3) is 4.93. The number of benzene rings is 1. The van der Waals surface area contributed by atoms with Crippen LogP contribution in [0.5, 0.6) is 0 Å². The molecule has 9 nitrogen and oxygen atoms in total. The summed E-state index contributed by atoms with van der Waals surface area (Å²) in [6.45, 7) is 6.50. The number of pyridine rings is 1. The maximum atomic E-state index is 12.7. The number of aryl methyl sites for hydroxylation is 1. The van der Waals surface area contributed by atoms with Gasteiger partial charge in [0.05, 0.1) is 10.9 Å². The second-order valence-corrected chi connectivity index (χ2v) is 7.61. The van der Waals surface area contributed by atoms with E-state index in [0.717, 1.165) is 0 Å². The Morgan fingerprint density at radius 1 is 1.03 bits per heavy atom. The zero-order valence-corrected chi connectivity index (χ0v) is 18.4. The third-order valence-corrected chi connectivity index (χ3v) is 5.23. The third-order valence-electron chi connectivity index (χ3n) is 5.23. The number of hydrogen-bond donors (Lipinski definition) is 2. The number of carbonyl (C=O) groups is 2. The van der Waals surface area contributed by atoms with Crippen LogP contribution in [0.3, 0.4) is 0 Å². The molecule has 0 spiro atoms. The summed E-state index contributed by atoms with van der Waals surface area (Å²) in [6, 6.07) is 8.20. The van der Waals surface area contributed by atoms with Crippen LogP contribution in [0.1, 0.15) is 37.6 Å². The van der Waals surface area contributed by atoms with Crippen molar-refractivity contribution in [1.82, 2.24) is 19.4 Å². The van der Waals surface area contributed by atoms with E-state index < -0.39 is 0 Å². The van der Waals surface area contributed by atoms with E-state index in [2.05, 4.69) is 15.6 Å². The fraction of sp³-hybridized carbons (Fsp3) is 0.348. The van der Waals surface area contributed by atoms with E-state index in [9.17, 15) is 19.2 Å². The number of rotatable bonds is 8. The van der Waals surface area contributed by atoms with Crippen molar-refractivity contribution in [2.75, 3.05) is 11.9 Å². The first-order valence-electron chi connectivity index (χ1n) is 10.6. The average Bonchev–Trinajstić information content (AvgIpc) is 2.79. The topological polar surface area (TPSA) is 115 Å². The summed E-state index contributed by atoms with van der Waals surface area (Å²) < 4.78 is 2.73. The van der Waals surface area contributed by atoms with Crippen molar-refractivity contribution in [3.05, 3.63) is 69.1 Å². The molecule has 0 radical (unpaired) electrons. The van der Waals surface area contributed by atoms with E-state index in [1.165, 1.54) is 4.57 Å². The molecule has 2 N–H and O–H groups in total. The van der Waals surface area contributed by atoms with Crippen molar-refractivity contribution >= 4 is 28.4 Å². The smallest absolute Gasteiger partial charge is 0.331 e. The van der Waals surface area contributed by atoms with Crippen molar-refractivity contribution in [2.24, 2.45) is 5.92 Å². The molecule has 3 aromatic rings. The van der Waals surface area contributed by atoms with Gasteiger partial charge in [-0.1, -0.05) is 6.92 Å². The lowest BCUT2D eigenvalue weighted by Gasteiger charge is -2.14. The SMILES string of the molecule is CCn1c(=O)c2cc(NC(=O)CC(C)CNC(=O)c3ccncc3)ccc2n(CC)c1=O. The van der Waals surface area contributed by atoms with Crippen LogP contribution in [-0.4, -0.2) is 32.5 Å². The number of hydrogen-bond acceptors (Lipinski definition) is 5. The molecule has 32 heavy (non-hydrogen) atoms. The maximum absolute atomic E-state index is 12.7. The number of amides is 2. The second-order valence-electron chi connectivity index (χ2n) is 7.61. The van der Waals surface area contributed by atoms with Crippen LogP contribution in [0, 0.1) is 5.92 Å². The van der Waals surface area contributed by atoms with Gasteiger partial charge >= 0.3 is 5.69 Å². The van der Waals surface area contributed by atoms with Crippen LogP contribution in [0.2, 0.25) is 0 Å². The normalized spacial score (nSPS) is 11.8. The highest BCUT2D eigenvalue weighted by Gasteiger charge is 2.15. The Labute approximate surface area is 185 Å². The summed E-state index contributed by atoms with van der Waals surface area (Å²) in [5.41, 5.74) is 0.817. The summed E-state index contributed by atoms with van der Waals surface area (Å²) in [6.07, 6.45) is 3.29. The van der Waals surface area contributed by atoms with Gasteiger partial charge in [-0.05, 0) is 50.1 Å². The van der Waals surface area contributed by atoms with Crippen LogP contribution >= 0.6 is 0 Å². The van der Waals surface area contributed by atoms with Crippen molar-refractivity contribution in [3.8, 4) is 0 Å². The van der Waals surface area contributed by atoms with Crippen LogP contribution in [0.15, 0.2) is 52.3 Å². The van der Waals surface area contributed by atoms with E-state index in [1.54, 1.807) is 54.2 Å². The molecule has 168 valence electrons. The lowest BCUT2D eigenvalue weighted by molar-refractivity contribution is -0.116. The van der Waals surface area contributed by atoms with Gasteiger partial charge in [-0.15, -0.1) is 0 Å². The van der Waals surface area contributed by atoms with Gasteiger partial charge in [0.15, 0.2) is 0 Å². The Bertz CT molecular complexity index is 1250. The Kier molecular flexibility index (Phi) is 7.19. The molecule has 0 aliphatic carbocycles. The van der Waals surface area contributed by atoms with Gasteiger partial charge in [-0.25, -0.2) is 4.79 Å². The van der Waals surface area contributed by atoms with E-state index in [4.69, 9.17) is 0 Å². The first kappa shape index (κ1) is 22.9. The van der Waals surface area contributed by atoms with Crippen LogP contribution < -0.4 is 21.9 Å². The van der Waals surface area contributed by atoms with Crippen molar-refractivity contribution < 1.29 is 9.59 Å². The van der Waals surface area contributed by atoms with E-state index in [1.807, 2.05) is 13.8 Å². The summed E-state index contributed by atoms with van der Waals surface area (Å²) in [5.74, 6) is -0.540. The van der Waals surface area contributed by atoms with Crippen LogP contribution in [0.4, 0.5) is 5.69 Å². The van der Waals surface area contributed by atoms with Gasteiger partial charge in [0.1, 0.15) is 0 Å². The summed E-state index contributed by atoms with van der Waals surface area (Å²) in [7, 11) is 0. The molecular formula is C23H27N5O4. The number of nitrogens with zero attached hydrogens (tertiary/aromatic N) is 3. The Morgan fingerprint density at radius 2 is 1.72 bits per heavy atom. The quantitative estimate of drug-likeness (QED) is 0.559. The lowest BCUT2D eigenvalue weighted by atomic mass is 10.1. The molecule has 0 aliphatic heterocycles. The maximum Gasteiger partial charge on any atom is 0.331 e. The molecule has 0 saturated heterocycles. The highest BCUT2D eigenvalue weighted by Crippen LogP contribution is 2.16. The predicted octanol–water partition coefficient (Wildman–Crippen LogP) is 1.99. The number of nitrogens with one attached hydrogen (secondary N) is 2. The Morgan fingerprint density at radius 3 is 2.38 bits per heavy atom. The first-order valence-corrected chi connectivity index (χ1v) is 10.6. The van der Waals surface area contributed by atoms with Crippen molar-refractivity contribution in [3.63, 3.8) is 0 Å². The standard InChI is InChI=1S/C23H27N5O4/c1-4-27-19-7-6-17(13-18(19)22(31)28(5-2)23(27)32)26-20(29)12-15(3)14-25-21(30)16-8-10-24-11-9-16/h6-11,13,15H,4-5,12,14H2,1-3H3,(H,25,30)(H,26,29). The molecule has 0 aliphatic rings. The van der Waals surface area contributed by atoms with Crippen molar-refractivity contribution in [1.29, 1.82) is 0 Å². The van der Waals surface area contributed by atoms with Gasteiger partial charge in [-0.3, -0.25) is 28.5 Å². The lowest BCUT2D eigenvalue weighted by Crippen LogP contribution is -2.39. The molecule has 9 heteroatoms. The number of carbonyl (C=O) groups excluding carboxylic acids is 2. The van der Waals surface area contributed by atoms with E-state index >= 15 is 0 Å². The minimum absolute atomic E-state index is 0.0937. The highest BCUT2D eigenvalue weighted by atomic mass is 16.2. The number of anilines is 1. The van der Waals surface area contributed by atoms with Crippen molar-refractivity contribution in [2.45, 2.75) is 40.3 Å². The molecule has 0 saturated carbocycles. The van der Waals surface area contributed by atoms with Gasteiger partial charge in [0.2, 0.25) is 5.91 Å². The van der Waals surface area contributed by atoms with Gasteiger partial charge in [0, 0.05) is 49.7 Å². The molecule has 1 atom stereocenters. The van der Waals surface area contributed by atoms with Crippen LogP contribution in [-0.2, 0) is 17.9 Å². The minimum atomic E-state index is -0.375.